The maximum absolute atomic E-state index is 13.1. The highest BCUT2D eigenvalue weighted by Gasteiger charge is 2.45. The van der Waals surface area contributed by atoms with Gasteiger partial charge in [-0.05, 0) is 41.8 Å². The average Bonchev–Trinajstić information content (AvgIpc) is 3.27. The van der Waals surface area contributed by atoms with E-state index in [4.69, 9.17) is 0 Å². The standard InChI is InChI=1S/C24H21NO5S/c26-23(19-13-11-18(12-14-19)17-7-3-1-4-8-17)25-16-21(15-22(25)24(27)28)31(29,30)20-9-5-2-6-10-20/h1-14,21-22H,15-16H2,(H,27,28)/t21-,22+/m1/s1. The number of hydrogen-bond acceptors (Lipinski definition) is 4. The Kier molecular flexibility index (Phi) is 5.61. The smallest absolute Gasteiger partial charge is 0.326 e. The number of likely N-dealkylation sites (tertiary alicyclic amines) is 1. The molecule has 31 heavy (non-hydrogen) atoms. The molecule has 1 aliphatic heterocycles. The number of amides is 1. The number of benzene rings is 3. The van der Waals surface area contributed by atoms with Crippen molar-refractivity contribution in [2.45, 2.75) is 22.6 Å². The molecule has 1 fully saturated rings. The number of nitrogens with zero attached hydrogens (tertiary/aromatic N) is 1. The monoisotopic (exact) mass is 435 g/mol. The number of carboxylic acids is 1. The SMILES string of the molecule is O=C(O)[C@@H]1C[C@@H](S(=O)(=O)c2ccccc2)CN1C(=O)c1ccc(-c2ccccc2)cc1. The van der Waals surface area contributed by atoms with Crippen LogP contribution in [0.25, 0.3) is 11.1 Å². The molecule has 0 bridgehead atoms. The average molecular weight is 436 g/mol. The lowest BCUT2D eigenvalue weighted by Gasteiger charge is -2.21. The Morgan fingerprint density at radius 2 is 1.35 bits per heavy atom. The lowest BCUT2D eigenvalue weighted by Crippen LogP contribution is -2.40. The van der Waals surface area contributed by atoms with Gasteiger partial charge in [-0.2, -0.15) is 0 Å². The molecule has 1 aliphatic rings. The summed E-state index contributed by atoms with van der Waals surface area (Å²) < 4.78 is 26.0. The van der Waals surface area contributed by atoms with Crippen molar-refractivity contribution in [1.82, 2.24) is 4.90 Å². The number of hydrogen-bond donors (Lipinski definition) is 1. The molecule has 0 saturated carbocycles. The van der Waals surface area contributed by atoms with Crippen molar-refractivity contribution in [3.05, 3.63) is 90.5 Å². The summed E-state index contributed by atoms with van der Waals surface area (Å²) in [5, 5.41) is 8.67. The second kappa shape index (κ2) is 8.35. The van der Waals surface area contributed by atoms with Crippen LogP contribution in [-0.2, 0) is 14.6 Å². The highest BCUT2D eigenvalue weighted by atomic mass is 32.2. The molecule has 158 valence electrons. The zero-order valence-electron chi connectivity index (χ0n) is 16.6. The summed E-state index contributed by atoms with van der Waals surface area (Å²) in [5.74, 6) is -1.70. The Hall–Kier alpha value is -3.45. The number of carboxylic acid groups (broad SMARTS) is 1. The molecule has 2 atom stereocenters. The van der Waals surface area contributed by atoms with Gasteiger partial charge >= 0.3 is 5.97 Å². The van der Waals surface area contributed by atoms with E-state index < -0.39 is 33.0 Å². The van der Waals surface area contributed by atoms with E-state index in [9.17, 15) is 23.1 Å². The van der Waals surface area contributed by atoms with Crippen molar-refractivity contribution in [2.24, 2.45) is 0 Å². The summed E-state index contributed by atoms with van der Waals surface area (Å²) in [6.45, 7) is -0.159. The van der Waals surface area contributed by atoms with Crippen LogP contribution in [0, 0.1) is 0 Å². The van der Waals surface area contributed by atoms with Crippen molar-refractivity contribution in [2.75, 3.05) is 6.54 Å². The first-order valence-electron chi connectivity index (χ1n) is 9.86. The van der Waals surface area contributed by atoms with Crippen LogP contribution in [0.1, 0.15) is 16.8 Å². The minimum absolute atomic E-state index is 0.130. The van der Waals surface area contributed by atoms with Gasteiger partial charge in [-0.15, -0.1) is 0 Å². The number of carbonyl (C=O) groups excluding carboxylic acids is 1. The highest BCUT2D eigenvalue weighted by molar-refractivity contribution is 7.92. The molecule has 0 aliphatic carbocycles. The highest BCUT2D eigenvalue weighted by Crippen LogP contribution is 2.30. The van der Waals surface area contributed by atoms with Crippen LogP contribution in [0.5, 0.6) is 0 Å². The molecule has 7 heteroatoms. The van der Waals surface area contributed by atoms with Gasteiger partial charge in [0, 0.05) is 12.1 Å². The van der Waals surface area contributed by atoms with Crippen LogP contribution in [0.2, 0.25) is 0 Å². The topological polar surface area (TPSA) is 91.8 Å². The zero-order valence-corrected chi connectivity index (χ0v) is 17.4. The molecule has 6 nitrogen and oxygen atoms in total. The predicted octanol–water partition coefficient (Wildman–Crippen LogP) is 3.50. The van der Waals surface area contributed by atoms with Gasteiger partial charge in [0.05, 0.1) is 10.1 Å². The minimum Gasteiger partial charge on any atom is -0.480 e. The Balaban J connectivity index is 1.59. The van der Waals surface area contributed by atoms with Crippen molar-refractivity contribution < 1.29 is 23.1 Å². The lowest BCUT2D eigenvalue weighted by molar-refractivity contribution is -0.141. The molecule has 0 unspecified atom stereocenters. The van der Waals surface area contributed by atoms with E-state index in [0.717, 1.165) is 16.0 Å². The third-order valence-electron chi connectivity index (χ3n) is 5.56. The van der Waals surface area contributed by atoms with Gasteiger partial charge in [-0.25, -0.2) is 13.2 Å². The molecule has 1 amide bonds. The van der Waals surface area contributed by atoms with Crippen LogP contribution in [0.4, 0.5) is 0 Å². The number of aliphatic carboxylic acids is 1. The van der Waals surface area contributed by atoms with Crippen LogP contribution in [0.3, 0.4) is 0 Å². The molecule has 3 aromatic rings. The Morgan fingerprint density at radius 3 is 1.94 bits per heavy atom. The van der Waals surface area contributed by atoms with Gasteiger partial charge in [0.1, 0.15) is 6.04 Å². The zero-order chi connectivity index (χ0) is 22.0. The molecular weight excluding hydrogens is 414 g/mol. The van der Waals surface area contributed by atoms with Crippen molar-refractivity contribution in [3.8, 4) is 11.1 Å². The fourth-order valence-corrected chi connectivity index (χ4v) is 5.60. The second-order valence-corrected chi connectivity index (χ2v) is 9.70. The summed E-state index contributed by atoms with van der Waals surface area (Å²) in [6, 6.07) is 23.3. The first-order valence-corrected chi connectivity index (χ1v) is 11.4. The number of carbonyl (C=O) groups is 2. The van der Waals surface area contributed by atoms with Gasteiger partial charge in [0.2, 0.25) is 0 Å². The van der Waals surface area contributed by atoms with E-state index in [0.29, 0.717) is 5.56 Å². The first-order chi connectivity index (χ1) is 14.9. The molecule has 4 rings (SSSR count). The quantitative estimate of drug-likeness (QED) is 0.662. The second-order valence-electron chi connectivity index (χ2n) is 7.47. The maximum atomic E-state index is 13.1. The summed E-state index contributed by atoms with van der Waals surface area (Å²) in [6.07, 6.45) is -0.138. The third-order valence-corrected chi connectivity index (χ3v) is 7.71. The van der Waals surface area contributed by atoms with E-state index in [1.165, 1.54) is 12.1 Å². The third kappa shape index (κ3) is 4.09. The van der Waals surface area contributed by atoms with Crippen molar-refractivity contribution in [1.29, 1.82) is 0 Å². The van der Waals surface area contributed by atoms with E-state index in [-0.39, 0.29) is 17.9 Å². The van der Waals surface area contributed by atoms with Crippen LogP contribution in [-0.4, -0.2) is 48.1 Å². The minimum atomic E-state index is -3.75. The molecular formula is C24H21NO5S. The van der Waals surface area contributed by atoms with Gasteiger partial charge in [-0.3, -0.25) is 4.79 Å². The van der Waals surface area contributed by atoms with Crippen molar-refractivity contribution in [3.63, 3.8) is 0 Å². The Morgan fingerprint density at radius 1 is 0.806 bits per heavy atom. The summed E-state index contributed by atoms with van der Waals surface area (Å²) in [7, 11) is -3.75. The molecule has 0 spiro atoms. The number of rotatable bonds is 5. The van der Waals surface area contributed by atoms with Gasteiger partial charge in [0.25, 0.3) is 5.91 Å². The van der Waals surface area contributed by atoms with E-state index in [1.807, 2.05) is 30.3 Å². The molecule has 0 radical (unpaired) electrons. The van der Waals surface area contributed by atoms with Gasteiger partial charge in [-0.1, -0.05) is 60.7 Å². The summed E-state index contributed by atoms with van der Waals surface area (Å²) in [5.41, 5.74) is 2.25. The molecule has 0 aromatic heterocycles. The predicted molar refractivity (Wildman–Crippen MR) is 116 cm³/mol. The van der Waals surface area contributed by atoms with E-state index >= 15 is 0 Å². The normalized spacial score (nSPS) is 18.6. The van der Waals surface area contributed by atoms with E-state index in [1.54, 1.807) is 42.5 Å². The summed E-state index contributed by atoms with van der Waals surface area (Å²) in [4.78, 5) is 26.2. The summed E-state index contributed by atoms with van der Waals surface area (Å²) >= 11 is 0. The number of sulfone groups is 1. The van der Waals surface area contributed by atoms with Crippen LogP contribution < -0.4 is 0 Å². The fourth-order valence-electron chi connectivity index (χ4n) is 3.89. The van der Waals surface area contributed by atoms with Gasteiger partial charge in [0.15, 0.2) is 9.84 Å². The fraction of sp³-hybridized carbons (Fsp3) is 0.167. The largest absolute Gasteiger partial charge is 0.480 e. The van der Waals surface area contributed by atoms with Gasteiger partial charge < -0.3 is 10.0 Å². The molecule has 1 N–H and O–H groups in total. The Bertz CT molecular complexity index is 1190. The van der Waals surface area contributed by atoms with Crippen LogP contribution >= 0.6 is 0 Å². The molecule has 1 heterocycles. The van der Waals surface area contributed by atoms with E-state index in [2.05, 4.69) is 0 Å². The van der Waals surface area contributed by atoms with Crippen LogP contribution in [0.15, 0.2) is 89.8 Å². The van der Waals surface area contributed by atoms with Crippen molar-refractivity contribution >= 4 is 21.7 Å². The first kappa shape index (κ1) is 20.8. The Labute approximate surface area is 180 Å². The molecule has 1 saturated heterocycles. The lowest BCUT2D eigenvalue weighted by atomic mass is 10.0. The molecule has 3 aromatic carbocycles. The maximum Gasteiger partial charge on any atom is 0.326 e.